The summed E-state index contributed by atoms with van der Waals surface area (Å²) in [5.41, 5.74) is 3.44. The molecule has 0 unspecified atom stereocenters. The van der Waals surface area contributed by atoms with Gasteiger partial charge in [0.25, 0.3) is 0 Å². The number of nitrogens with zero attached hydrogens (tertiary/aromatic N) is 1. The van der Waals surface area contributed by atoms with Crippen molar-refractivity contribution in [3.05, 3.63) is 56.0 Å². The molecule has 2 amide bonds. The number of carbonyl (C=O) groups is 2. The van der Waals surface area contributed by atoms with E-state index >= 15 is 0 Å². The number of carbonyl (C=O) groups excluding carboxylic acids is 2. The van der Waals surface area contributed by atoms with Gasteiger partial charge in [-0.05, 0) is 52.2 Å². The molecule has 0 atom stereocenters. The van der Waals surface area contributed by atoms with Gasteiger partial charge in [0, 0.05) is 22.2 Å². The maximum atomic E-state index is 11.6. The fourth-order valence-corrected chi connectivity index (χ4v) is 3.38. The minimum absolute atomic E-state index is 0.143. The number of halogens is 3. The highest BCUT2D eigenvalue weighted by atomic mass is 79.9. The van der Waals surface area contributed by atoms with Crippen LogP contribution in [0.4, 0.5) is 0 Å². The fraction of sp³-hybridized carbons (Fsp3) is 0.250. The van der Waals surface area contributed by atoms with Gasteiger partial charge in [0.1, 0.15) is 6.61 Å². The van der Waals surface area contributed by atoms with Gasteiger partial charge in [-0.25, -0.2) is 5.43 Å². The summed E-state index contributed by atoms with van der Waals surface area (Å²) >= 11 is 15.8. The van der Waals surface area contributed by atoms with Gasteiger partial charge in [-0.1, -0.05) is 36.2 Å². The molecule has 7 nitrogen and oxygen atoms in total. The summed E-state index contributed by atoms with van der Waals surface area (Å²) in [6.45, 7) is 2.45. The summed E-state index contributed by atoms with van der Waals surface area (Å²) in [6.07, 6.45) is 2.11. The minimum Gasteiger partial charge on any atom is -0.493 e. The average molecular weight is 517 g/mol. The highest BCUT2D eigenvalue weighted by Gasteiger charge is 2.14. The van der Waals surface area contributed by atoms with Crippen molar-refractivity contribution in [2.45, 2.75) is 20.0 Å². The Bertz CT molecular complexity index is 934. The molecule has 0 aromatic heterocycles. The van der Waals surface area contributed by atoms with Crippen LogP contribution >= 0.6 is 39.1 Å². The van der Waals surface area contributed by atoms with Crippen molar-refractivity contribution in [3.63, 3.8) is 0 Å². The van der Waals surface area contributed by atoms with Gasteiger partial charge in [0.15, 0.2) is 11.5 Å². The van der Waals surface area contributed by atoms with E-state index in [0.29, 0.717) is 43.7 Å². The minimum atomic E-state index is -0.845. The first-order valence-electron chi connectivity index (χ1n) is 8.91. The zero-order valence-corrected chi connectivity index (χ0v) is 19.4. The van der Waals surface area contributed by atoms with Crippen LogP contribution in [0.15, 0.2) is 39.9 Å². The highest BCUT2D eigenvalue weighted by molar-refractivity contribution is 9.10. The van der Waals surface area contributed by atoms with E-state index in [1.807, 2.05) is 6.92 Å². The Hall–Kier alpha value is -2.29. The average Bonchev–Trinajstić information content (AvgIpc) is 2.72. The molecule has 2 aromatic carbocycles. The number of rotatable bonds is 8. The van der Waals surface area contributed by atoms with Gasteiger partial charge < -0.3 is 14.8 Å². The summed E-state index contributed by atoms with van der Waals surface area (Å²) in [4.78, 5) is 23.2. The number of amides is 2. The van der Waals surface area contributed by atoms with Crippen molar-refractivity contribution in [1.82, 2.24) is 10.7 Å². The molecule has 0 bridgehead atoms. The van der Waals surface area contributed by atoms with E-state index < -0.39 is 11.8 Å². The van der Waals surface area contributed by atoms with Crippen molar-refractivity contribution in [2.24, 2.45) is 5.10 Å². The van der Waals surface area contributed by atoms with Crippen LogP contribution in [0.5, 0.6) is 11.5 Å². The molecule has 30 heavy (non-hydrogen) atoms. The molecule has 10 heteroatoms. The standard InChI is InChI=1S/C20H20BrCl2N3O4/c1-3-7-24-19(27)20(28)26-25-10-12-8-14(21)18(17(9-12)29-2)30-11-13-15(22)5-4-6-16(13)23/h4-6,8-10H,3,7,11H2,1-2H3,(H,24,27)(H,26,28)/b25-10-. The van der Waals surface area contributed by atoms with Gasteiger partial charge >= 0.3 is 11.8 Å². The van der Waals surface area contributed by atoms with E-state index in [9.17, 15) is 9.59 Å². The van der Waals surface area contributed by atoms with Crippen molar-refractivity contribution >= 4 is 57.2 Å². The summed E-state index contributed by atoms with van der Waals surface area (Å²) in [5, 5.41) is 7.26. The molecule has 2 N–H and O–H groups in total. The molecule has 0 radical (unpaired) electrons. The number of nitrogens with one attached hydrogen (secondary N) is 2. The first-order chi connectivity index (χ1) is 14.4. The lowest BCUT2D eigenvalue weighted by Gasteiger charge is -2.14. The first-order valence-corrected chi connectivity index (χ1v) is 10.5. The molecular weight excluding hydrogens is 497 g/mol. The van der Waals surface area contributed by atoms with E-state index in [-0.39, 0.29) is 6.61 Å². The lowest BCUT2D eigenvalue weighted by atomic mass is 10.2. The summed E-state index contributed by atoms with van der Waals surface area (Å²) in [6, 6.07) is 8.61. The molecular formula is C20H20BrCl2N3O4. The lowest BCUT2D eigenvalue weighted by molar-refractivity contribution is -0.139. The topological polar surface area (TPSA) is 89.0 Å². The zero-order chi connectivity index (χ0) is 22.1. The Morgan fingerprint density at radius 3 is 2.53 bits per heavy atom. The van der Waals surface area contributed by atoms with Crippen LogP contribution in [0, 0.1) is 0 Å². The van der Waals surface area contributed by atoms with Gasteiger partial charge in [0.05, 0.1) is 17.8 Å². The maximum Gasteiger partial charge on any atom is 0.329 e. The number of hydrogen-bond acceptors (Lipinski definition) is 5. The molecule has 0 saturated carbocycles. The lowest BCUT2D eigenvalue weighted by Crippen LogP contribution is -2.38. The van der Waals surface area contributed by atoms with Crippen LogP contribution < -0.4 is 20.2 Å². The number of hydrazone groups is 1. The van der Waals surface area contributed by atoms with E-state index in [2.05, 4.69) is 31.8 Å². The van der Waals surface area contributed by atoms with Crippen LogP contribution in [0.1, 0.15) is 24.5 Å². The third kappa shape index (κ3) is 6.62. The number of ether oxygens (including phenoxy) is 2. The van der Waals surface area contributed by atoms with Crippen molar-refractivity contribution < 1.29 is 19.1 Å². The Morgan fingerprint density at radius 1 is 1.20 bits per heavy atom. The van der Waals surface area contributed by atoms with Crippen LogP contribution in [-0.2, 0) is 16.2 Å². The van der Waals surface area contributed by atoms with E-state index in [1.165, 1.54) is 13.3 Å². The van der Waals surface area contributed by atoms with E-state index in [4.69, 9.17) is 32.7 Å². The molecule has 2 rings (SSSR count). The fourth-order valence-electron chi connectivity index (χ4n) is 2.30. The number of hydrogen-bond donors (Lipinski definition) is 2. The Balaban J connectivity index is 2.10. The van der Waals surface area contributed by atoms with Gasteiger partial charge in [-0.2, -0.15) is 5.10 Å². The van der Waals surface area contributed by atoms with E-state index in [0.717, 1.165) is 6.42 Å². The van der Waals surface area contributed by atoms with Crippen LogP contribution in [0.2, 0.25) is 10.0 Å². The Morgan fingerprint density at radius 2 is 1.90 bits per heavy atom. The van der Waals surface area contributed by atoms with Gasteiger partial charge in [0.2, 0.25) is 0 Å². The van der Waals surface area contributed by atoms with Crippen LogP contribution in [0.25, 0.3) is 0 Å². The second-order valence-corrected chi connectivity index (χ2v) is 7.65. The van der Waals surface area contributed by atoms with Crippen LogP contribution in [0.3, 0.4) is 0 Å². The quantitative estimate of drug-likeness (QED) is 0.310. The molecule has 0 aliphatic heterocycles. The summed E-state index contributed by atoms with van der Waals surface area (Å²) in [5.74, 6) is -0.702. The Labute approximate surface area is 192 Å². The van der Waals surface area contributed by atoms with Crippen LogP contribution in [-0.4, -0.2) is 31.7 Å². The molecule has 0 fully saturated rings. The molecule has 0 heterocycles. The normalized spacial score (nSPS) is 10.7. The van der Waals surface area contributed by atoms with Crippen molar-refractivity contribution in [1.29, 1.82) is 0 Å². The van der Waals surface area contributed by atoms with Crippen molar-refractivity contribution in [3.8, 4) is 11.5 Å². The molecule has 0 saturated heterocycles. The number of benzene rings is 2. The largest absolute Gasteiger partial charge is 0.493 e. The monoisotopic (exact) mass is 515 g/mol. The molecule has 160 valence electrons. The third-order valence-corrected chi connectivity index (χ3v) is 5.09. The third-order valence-electron chi connectivity index (χ3n) is 3.80. The smallest absolute Gasteiger partial charge is 0.329 e. The van der Waals surface area contributed by atoms with Gasteiger partial charge in [-0.3, -0.25) is 9.59 Å². The Kier molecular flexibility index (Phi) is 9.42. The predicted octanol–water partition coefficient (Wildman–Crippen LogP) is 4.32. The maximum absolute atomic E-state index is 11.6. The zero-order valence-electron chi connectivity index (χ0n) is 16.3. The molecule has 0 aliphatic rings. The summed E-state index contributed by atoms with van der Waals surface area (Å²) < 4.78 is 11.9. The predicted molar refractivity (Wildman–Crippen MR) is 121 cm³/mol. The highest BCUT2D eigenvalue weighted by Crippen LogP contribution is 2.37. The molecule has 2 aromatic rings. The number of methoxy groups -OCH3 is 1. The first kappa shape index (κ1) is 24.0. The SMILES string of the molecule is CCCNC(=O)C(=O)N/N=C\c1cc(Br)c(OCc2c(Cl)cccc2Cl)c(OC)c1. The second kappa shape index (κ2) is 11.8. The molecule has 0 aliphatic carbocycles. The summed E-state index contributed by atoms with van der Waals surface area (Å²) in [7, 11) is 1.50. The van der Waals surface area contributed by atoms with Gasteiger partial charge in [-0.15, -0.1) is 0 Å². The molecule has 0 spiro atoms. The second-order valence-electron chi connectivity index (χ2n) is 5.98. The van der Waals surface area contributed by atoms with E-state index in [1.54, 1.807) is 30.3 Å². The van der Waals surface area contributed by atoms with Crippen molar-refractivity contribution in [2.75, 3.05) is 13.7 Å².